The van der Waals surface area contributed by atoms with Crippen molar-refractivity contribution in [3.63, 3.8) is 0 Å². The zero-order valence-electron chi connectivity index (χ0n) is 12.8. The van der Waals surface area contributed by atoms with Gasteiger partial charge in [0.05, 0.1) is 11.0 Å². The Kier molecular flexibility index (Phi) is 4.46. The van der Waals surface area contributed by atoms with Gasteiger partial charge in [-0.3, -0.25) is 0 Å². The number of ether oxygens (including phenoxy) is 1. The van der Waals surface area contributed by atoms with Crippen LogP contribution in [0.15, 0.2) is 42.5 Å². The van der Waals surface area contributed by atoms with Gasteiger partial charge in [-0.15, -0.1) is 0 Å². The number of hydrogen-bond donors (Lipinski definition) is 0. The minimum atomic E-state index is 0.730. The molecule has 3 rings (SSSR count). The molecule has 0 saturated carbocycles. The Morgan fingerprint density at radius 1 is 1.18 bits per heavy atom. The Hall–Kier alpha value is -1.84. The van der Waals surface area contributed by atoms with Gasteiger partial charge in [0, 0.05) is 30.8 Å². The van der Waals surface area contributed by atoms with Gasteiger partial charge in [-0.05, 0) is 37.1 Å². The molecule has 4 heteroatoms. The van der Waals surface area contributed by atoms with Crippen LogP contribution in [-0.4, -0.2) is 23.3 Å². The van der Waals surface area contributed by atoms with Gasteiger partial charge in [-0.1, -0.05) is 35.9 Å². The monoisotopic (exact) mass is 314 g/mol. The van der Waals surface area contributed by atoms with Gasteiger partial charge < -0.3 is 9.30 Å². The second-order valence-corrected chi connectivity index (χ2v) is 5.82. The fourth-order valence-electron chi connectivity index (χ4n) is 2.72. The number of methoxy groups -OCH3 is 1. The highest BCUT2D eigenvalue weighted by Gasteiger charge is 2.14. The average Bonchev–Trinajstić information content (AvgIpc) is 2.86. The van der Waals surface area contributed by atoms with E-state index in [1.54, 1.807) is 7.11 Å². The van der Waals surface area contributed by atoms with Crippen LogP contribution in [0.25, 0.3) is 22.4 Å². The minimum absolute atomic E-state index is 0.730. The molecule has 1 heterocycles. The summed E-state index contributed by atoms with van der Waals surface area (Å²) in [6.45, 7) is 3.70. The van der Waals surface area contributed by atoms with Gasteiger partial charge >= 0.3 is 0 Å². The summed E-state index contributed by atoms with van der Waals surface area (Å²) in [5.74, 6) is 0.992. The Balaban J connectivity index is 2.15. The summed E-state index contributed by atoms with van der Waals surface area (Å²) >= 11 is 6.17. The molecule has 0 saturated heterocycles. The number of nitrogens with zero attached hydrogens (tertiary/aromatic N) is 2. The van der Waals surface area contributed by atoms with Crippen LogP contribution >= 0.6 is 11.6 Å². The molecule has 0 spiro atoms. The lowest BCUT2D eigenvalue weighted by molar-refractivity contribution is 0.191. The van der Waals surface area contributed by atoms with E-state index in [0.717, 1.165) is 47.0 Å². The molecule has 2 aromatic carbocycles. The van der Waals surface area contributed by atoms with E-state index < -0.39 is 0 Å². The molecular formula is C18H19ClN2O. The van der Waals surface area contributed by atoms with Crippen LogP contribution in [0.1, 0.15) is 12.0 Å². The first kappa shape index (κ1) is 15.1. The predicted octanol–water partition coefficient (Wildman–Crippen LogP) is 4.70. The molecule has 0 atom stereocenters. The van der Waals surface area contributed by atoms with Crippen LogP contribution in [0.5, 0.6) is 0 Å². The largest absolute Gasteiger partial charge is 0.385 e. The molecule has 0 aliphatic heterocycles. The Labute approximate surface area is 135 Å². The van der Waals surface area contributed by atoms with Crippen LogP contribution < -0.4 is 0 Å². The Bertz CT molecular complexity index is 795. The molecule has 0 unspecified atom stereocenters. The number of fused-ring (bicyclic) bond motifs is 1. The van der Waals surface area contributed by atoms with E-state index in [1.807, 2.05) is 30.3 Å². The standard InChI is InChI=1S/C18H19ClN2O/c1-13-6-3-4-7-15(13)18-20-16-9-8-14(19)12-17(16)21(18)10-5-11-22-2/h3-4,6-9,12H,5,10-11H2,1-2H3. The van der Waals surface area contributed by atoms with E-state index >= 15 is 0 Å². The number of halogens is 1. The van der Waals surface area contributed by atoms with Gasteiger partial charge in [0.25, 0.3) is 0 Å². The van der Waals surface area contributed by atoms with E-state index in [4.69, 9.17) is 21.3 Å². The third kappa shape index (κ3) is 2.87. The Morgan fingerprint density at radius 2 is 2.00 bits per heavy atom. The lowest BCUT2D eigenvalue weighted by Gasteiger charge is -2.11. The third-order valence-electron chi connectivity index (χ3n) is 3.83. The first-order valence-corrected chi connectivity index (χ1v) is 7.79. The molecule has 0 bridgehead atoms. The fourth-order valence-corrected chi connectivity index (χ4v) is 2.88. The molecular weight excluding hydrogens is 296 g/mol. The van der Waals surface area contributed by atoms with Gasteiger partial charge in [0.1, 0.15) is 5.82 Å². The van der Waals surface area contributed by atoms with Crippen LogP contribution in [0.3, 0.4) is 0 Å². The first-order valence-electron chi connectivity index (χ1n) is 7.41. The summed E-state index contributed by atoms with van der Waals surface area (Å²) in [4.78, 5) is 4.83. The second kappa shape index (κ2) is 6.51. The molecule has 0 amide bonds. The summed E-state index contributed by atoms with van der Waals surface area (Å²) in [6, 6.07) is 14.2. The maximum atomic E-state index is 6.17. The lowest BCUT2D eigenvalue weighted by Crippen LogP contribution is -2.04. The third-order valence-corrected chi connectivity index (χ3v) is 4.06. The quantitative estimate of drug-likeness (QED) is 0.638. The molecule has 0 aliphatic carbocycles. The van der Waals surface area contributed by atoms with Crippen molar-refractivity contribution < 1.29 is 4.74 Å². The molecule has 3 nitrogen and oxygen atoms in total. The molecule has 114 valence electrons. The van der Waals surface area contributed by atoms with Crippen LogP contribution in [-0.2, 0) is 11.3 Å². The van der Waals surface area contributed by atoms with Gasteiger partial charge in [0.2, 0.25) is 0 Å². The van der Waals surface area contributed by atoms with Crippen molar-refractivity contribution in [2.75, 3.05) is 13.7 Å². The highest BCUT2D eigenvalue weighted by Crippen LogP contribution is 2.29. The SMILES string of the molecule is COCCCn1c(-c2ccccc2C)nc2ccc(Cl)cc21. The molecule has 1 aromatic heterocycles. The normalized spacial score (nSPS) is 11.2. The van der Waals surface area contributed by atoms with E-state index in [9.17, 15) is 0 Å². The molecule has 0 fully saturated rings. The number of rotatable bonds is 5. The van der Waals surface area contributed by atoms with Crippen molar-refractivity contribution >= 4 is 22.6 Å². The zero-order chi connectivity index (χ0) is 15.5. The van der Waals surface area contributed by atoms with Crippen molar-refractivity contribution in [3.8, 4) is 11.4 Å². The minimum Gasteiger partial charge on any atom is -0.385 e. The van der Waals surface area contributed by atoms with Crippen LogP contribution in [0.4, 0.5) is 0 Å². The van der Waals surface area contributed by atoms with E-state index in [2.05, 4.69) is 23.6 Å². The van der Waals surface area contributed by atoms with Gasteiger partial charge in [-0.25, -0.2) is 4.98 Å². The van der Waals surface area contributed by atoms with E-state index in [1.165, 1.54) is 5.56 Å². The topological polar surface area (TPSA) is 27.1 Å². The summed E-state index contributed by atoms with van der Waals surface area (Å²) in [6.07, 6.45) is 0.938. The number of hydrogen-bond acceptors (Lipinski definition) is 2. The number of benzene rings is 2. The van der Waals surface area contributed by atoms with Crippen molar-refractivity contribution in [2.24, 2.45) is 0 Å². The first-order chi connectivity index (χ1) is 10.7. The van der Waals surface area contributed by atoms with E-state index in [0.29, 0.717) is 0 Å². The predicted molar refractivity (Wildman–Crippen MR) is 91.4 cm³/mol. The van der Waals surface area contributed by atoms with Crippen LogP contribution in [0, 0.1) is 6.92 Å². The summed E-state index contributed by atoms with van der Waals surface area (Å²) in [5, 5.41) is 0.733. The second-order valence-electron chi connectivity index (χ2n) is 5.38. The van der Waals surface area contributed by atoms with E-state index in [-0.39, 0.29) is 0 Å². The van der Waals surface area contributed by atoms with Crippen LogP contribution in [0.2, 0.25) is 5.02 Å². The smallest absolute Gasteiger partial charge is 0.141 e. The van der Waals surface area contributed by atoms with Gasteiger partial charge in [-0.2, -0.15) is 0 Å². The van der Waals surface area contributed by atoms with Crippen molar-refractivity contribution in [3.05, 3.63) is 53.1 Å². The Morgan fingerprint density at radius 3 is 2.77 bits per heavy atom. The highest BCUT2D eigenvalue weighted by atomic mass is 35.5. The number of aromatic nitrogens is 2. The summed E-state index contributed by atoms with van der Waals surface area (Å²) in [7, 11) is 1.73. The molecule has 0 radical (unpaired) electrons. The van der Waals surface area contributed by atoms with Gasteiger partial charge in [0.15, 0.2) is 0 Å². The molecule has 22 heavy (non-hydrogen) atoms. The molecule has 0 N–H and O–H groups in total. The zero-order valence-corrected chi connectivity index (χ0v) is 13.6. The fraction of sp³-hybridized carbons (Fsp3) is 0.278. The number of aryl methyl sites for hydroxylation is 2. The maximum absolute atomic E-state index is 6.17. The highest BCUT2D eigenvalue weighted by molar-refractivity contribution is 6.31. The van der Waals surface area contributed by atoms with Crippen molar-refractivity contribution in [2.45, 2.75) is 19.9 Å². The summed E-state index contributed by atoms with van der Waals surface area (Å²) < 4.78 is 7.42. The lowest BCUT2D eigenvalue weighted by atomic mass is 10.1. The summed E-state index contributed by atoms with van der Waals surface area (Å²) in [5.41, 5.74) is 4.42. The maximum Gasteiger partial charge on any atom is 0.141 e. The number of imidazole rings is 1. The molecule has 3 aromatic rings. The molecule has 0 aliphatic rings. The van der Waals surface area contributed by atoms with Crippen molar-refractivity contribution in [1.82, 2.24) is 9.55 Å². The van der Waals surface area contributed by atoms with Crippen molar-refractivity contribution in [1.29, 1.82) is 0 Å². The average molecular weight is 315 g/mol.